The van der Waals surface area contributed by atoms with Crippen LogP contribution in [0.25, 0.3) is 0 Å². The Morgan fingerprint density at radius 2 is 2.31 bits per heavy atom. The molecular weight excluding hydrogens is 208 g/mol. The molecule has 0 bridgehead atoms. The molecular formula is C12H16O4. The summed E-state index contributed by atoms with van der Waals surface area (Å²) in [6, 6.07) is 0. The summed E-state index contributed by atoms with van der Waals surface area (Å²) >= 11 is 0. The number of fused-ring (bicyclic) bond motifs is 1. The van der Waals surface area contributed by atoms with Crippen LogP contribution in [0.3, 0.4) is 0 Å². The van der Waals surface area contributed by atoms with Crippen LogP contribution in [-0.2, 0) is 19.1 Å². The van der Waals surface area contributed by atoms with E-state index in [4.69, 9.17) is 9.47 Å². The number of methoxy groups -OCH3 is 1. The van der Waals surface area contributed by atoms with Gasteiger partial charge in [0, 0.05) is 0 Å². The molecule has 0 aromatic heterocycles. The molecule has 0 radical (unpaired) electrons. The van der Waals surface area contributed by atoms with Crippen LogP contribution in [0.1, 0.15) is 20.3 Å². The van der Waals surface area contributed by atoms with Crippen LogP contribution >= 0.6 is 0 Å². The van der Waals surface area contributed by atoms with E-state index in [9.17, 15) is 9.59 Å². The van der Waals surface area contributed by atoms with Gasteiger partial charge in [0.05, 0.1) is 13.7 Å². The molecule has 4 heteroatoms. The minimum Gasteiger partial charge on any atom is -0.468 e. The summed E-state index contributed by atoms with van der Waals surface area (Å²) in [5.74, 6) is -0.763. The highest BCUT2D eigenvalue weighted by molar-refractivity contribution is 6.04. The Kier molecular flexibility index (Phi) is 2.52. The lowest BCUT2D eigenvalue weighted by Crippen LogP contribution is -2.52. The number of rotatable bonds is 1. The Labute approximate surface area is 94.6 Å². The Bertz CT molecular complexity index is 361. The third kappa shape index (κ3) is 1.16. The van der Waals surface area contributed by atoms with E-state index in [2.05, 4.69) is 0 Å². The monoisotopic (exact) mass is 224 g/mol. The molecule has 2 rings (SSSR count). The summed E-state index contributed by atoms with van der Waals surface area (Å²) in [6.07, 6.45) is 2.70. The van der Waals surface area contributed by atoms with Gasteiger partial charge < -0.3 is 9.47 Å². The van der Waals surface area contributed by atoms with Gasteiger partial charge in [0.25, 0.3) is 0 Å². The fourth-order valence-corrected chi connectivity index (χ4v) is 2.90. The summed E-state index contributed by atoms with van der Waals surface area (Å²) in [5.41, 5.74) is -0.409. The van der Waals surface area contributed by atoms with Gasteiger partial charge in [-0.25, -0.2) is 0 Å². The molecule has 3 atom stereocenters. The molecule has 1 fully saturated rings. The molecule has 0 spiro atoms. The van der Waals surface area contributed by atoms with E-state index in [0.29, 0.717) is 6.61 Å². The standard InChI is InChI=1S/C12H16O4/c1-7-6-16-11(14)12(10(13)15-3)8(2)4-5-9(7)12/h4,7,9H,5-6H2,1-3H3/t7-,9+,12+/m0/s1. The summed E-state index contributed by atoms with van der Waals surface area (Å²) in [6.45, 7) is 4.20. The Morgan fingerprint density at radius 1 is 1.62 bits per heavy atom. The van der Waals surface area contributed by atoms with Gasteiger partial charge in [-0.1, -0.05) is 13.0 Å². The zero-order chi connectivity index (χ0) is 11.9. The fourth-order valence-electron chi connectivity index (χ4n) is 2.90. The van der Waals surface area contributed by atoms with Gasteiger partial charge in [-0.05, 0) is 30.8 Å². The van der Waals surface area contributed by atoms with Crippen molar-refractivity contribution < 1.29 is 19.1 Å². The largest absolute Gasteiger partial charge is 0.468 e. The van der Waals surface area contributed by atoms with Crippen molar-refractivity contribution in [1.82, 2.24) is 0 Å². The Hall–Kier alpha value is -1.32. The molecule has 0 unspecified atom stereocenters. The van der Waals surface area contributed by atoms with E-state index < -0.39 is 17.4 Å². The van der Waals surface area contributed by atoms with Gasteiger partial charge in [-0.2, -0.15) is 0 Å². The minimum atomic E-state index is -1.17. The zero-order valence-electron chi connectivity index (χ0n) is 9.78. The first kappa shape index (κ1) is 11.2. The number of hydrogen-bond donors (Lipinski definition) is 0. The second-order valence-electron chi connectivity index (χ2n) is 4.60. The molecule has 1 aliphatic carbocycles. The van der Waals surface area contributed by atoms with Crippen LogP contribution in [0.2, 0.25) is 0 Å². The zero-order valence-corrected chi connectivity index (χ0v) is 9.78. The highest BCUT2D eigenvalue weighted by Gasteiger charge is 2.61. The average molecular weight is 224 g/mol. The molecule has 1 saturated heterocycles. The third-order valence-electron chi connectivity index (χ3n) is 3.85. The van der Waals surface area contributed by atoms with Crippen molar-refractivity contribution in [3.05, 3.63) is 11.6 Å². The van der Waals surface area contributed by atoms with Crippen LogP contribution in [0.5, 0.6) is 0 Å². The maximum atomic E-state index is 12.0. The maximum Gasteiger partial charge on any atom is 0.328 e. The maximum absolute atomic E-state index is 12.0. The van der Waals surface area contributed by atoms with Crippen molar-refractivity contribution in [2.75, 3.05) is 13.7 Å². The molecule has 16 heavy (non-hydrogen) atoms. The second-order valence-corrected chi connectivity index (χ2v) is 4.60. The highest BCUT2D eigenvalue weighted by Crippen LogP contribution is 2.51. The van der Waals surface area contributed by atoms with Crippen LogP contribution in [0.15, 0.2) is 11.6 Å². The van der Waals surface area contributed by atoms with Gasteiger partial charge in [-0.15, -0.1) is 0 Å². The number of hydrogen-bond acceptors (Lipinski definition) is 4. The molecule has 1 heterocycles. The number of esters is 2. The number of cyclic esters (lactones) is 1. The number of allylic oxidation sites excluding steroid dienone is 1. The van der Waals surface area contributed by atoms with E-state index >= 15 is 0 Å². The van der Waals surface area contributed by atoms with Crippen LogP contribution in [0.4, 0.5) is 0 Å². The van der Waals surface area contributed by atoms with Crippen molar-refractivity contribution >= 4 is 11.9 Å². The summed E-state index contributed by atoms with van der Waals surface area (Å²) < 4.78 is 9.92. The third-order valence-corrected chi connectivity index (χ3v) is 3.85. The van der Waals surface area contributed by atoms with E-state index in [0.717, 1.165) is 12.0 Å². The van der Waals surface area contributed by atoms with Gasteiger partial charge in [0.1, 0.15) is 0 Å². The lowest BCUT2D eigenvalue weighted by molar-refractivity contribution is -0.181. The first-order chi connectivity index (χ1) is 7.55. The average Bonchev–Trinajstić information content (AvgIpc) is 2.63. The first-order valence-corrected chi connectivity index (χ1v) is 5.48. The fraction of sp³-hybridized carbons (Fsp3) is 0.667. The molecule has 0 aromatic rings. The molecule has 2 aliphatic rings. The summed E-state index contributed by atoms with van der Waals surface area (Å²) in [7, 11) is 1.31. The van der Waals surface area contributed by atoms with Crippen molar-refractivity contribution in [3.8, 4) is 0 Å². The van der Waals surface area contributed by atoms with Gasteiger partial charge in [-0.3, -0.25) is 9.59 Å². The van der Waals surface area contributed by atoms with Crippen LogP contribution in [0, 0.1) is 17.3 Å². The van der Waals surface area contributed by atoms with E-state index in [1.54, 1.807) is 6.92 Å². The van der Waals surface area contributed by atoms with Crippen molar-refractivity contribution in [1.29, 1.82) is 0 Å². The van der Waals surface area contributed by atoms with Crippen LogP contribution in [-0.4, -0.2) is 25.7 Å². The van der Waals surface area contributed by atoms with E-state index in [1.807, 2.05) is 13.0 Å². The lowest BCUT2D eigenvalue weighted by Gasteiger charge is -2.39. The highest BCUT2D eigenvalue weighted by atomic mass is 16.6. The molecule has 0 N–H and O–H groups in total. The molecule has 1 aliphatic heterocycles. The number of carbonyl (C=O) groups excluding carboxylic acids is 2. The SMILES string of the molecule is COC(=O)[C@]12C(=O)OC[C@H](C)[C@H]1CC=C2C. The predicted molar refractivity (Wildman–Crippen MR) is 56.4 cm³/mol. The quantitative estimate of drug-likeness (QED) is 0.383. The van der Waals surface area contributed by atoms with Crippen LogP contribution < -0.4 is 0 Å². The van der Waals surface area contributed by atoms with Gasteiger partial charge >= 0.3 is 11.9 Å². The van der Waals surface area contributed by atoms with Gasteiger partial charge in [0.15, 0.2) is 5.41 Å². The molecule has 4 nitrogen and oxygen atoms in total. The molecule has 0 amide bonds. The topological polar surface area (TPSA) is 52.6 Å². The smallest absolute Gasteiger partial charge is 0.328 e. The predicted octanol–water partition coefficient (Wildman–Crippen LogP) is 1.30. The van der Waals surface area contributed by atoms with Crippen molar-refractivity contribution in [2.24, 2.45) is 17.3 Å². The normalized spacial score (nSPS) is 37.4. The molecule has 0 saturated carbocycles. The van der Waals surface area contributed by atoms with Gasteiger partial charge in [0.2, 0.25) is 0 Å². The summed E-state index contributed by atoms with van der Waals surface area (Å²) in [4.78, 5) is 24.0. The number of carbonyl (C=O) groups is 2. The Morgan fingerprint density at radius 3 is 2.94 bits per heavy atom. The minimum absolute atomic E-state index is 0.0128. The van der Waals surface area contributed by atoms with Crippen molar-refractivity contribution in [2.45, 2.75) is 20.3 Å². The molecule has 0 aromatic carbocycles. The van der Waals surface area contributed by atoms with E-state index in [-0.39, 0.29) is 11.8 Å². The Balaban J connectivity index is 2.51. The van der Waals surface area contributed by atoms with E-state index in [1.165, 1.54) is 7.11 Å². The second kappa shape index (κ2) is 3.61. The first-order valence-electron chi connectivity index (χ1n) is 5.48. The summed E-state index contributed by atoms with van der Waals surface area (Å²) in [5, 5.41) is 0. The number of ether oxygens (including phenoxy) is 2. The lowest BCUT2D eigenvalue weighted by atomic mass is 9.67. The van der Waals surface area contributed by atoms with Crippen molar-refractivity contribution in [3.63, 3.8) is 0 Å². The molecule has 88 valence electrons.